The van der Waals surface area contributed by atoms with Crippen molar-refractivity contribution in [1.82, 2.24) is 24.8 Å². The van der Waals surface area contributed by atoms with Crippen molar-refractivity contribution in [2.45, 2.75) is 6.54 Å². The molecule has 1 aliphatic heterocycles. The van der Waals surface area contributed by atoms with Crippen molar-refractivity contribution in [3.8, 4) is 11.6 Å². The van der Waals surface area contributed by atoms with E-state index in [1.165, 1.54) is 0 Å². The summed E-state index contributed by atoms with van der Waals surface area (Å²) in [4.78, 5) is 17.7. The highest BCUT2D eigenvalue weighted by atomic mass is 35.5. The minimum Gasteiger partial charge on any atom is -0.439 e. The van der Waals surface area contributed by atoms with Gasteiger partial charge in [0.15, 0.2) is 5.58 Å². The zero-order valence-electron chi connectivity index (χ0n) is 19.1. The lowest BCUT2D eigenvalue weighted by molar-refractivity contribution is 0.148. The summed E-state index contributed by atoms with van der Waals surface area (Å²) in [5, 5.41) is 6.91. The molecule has 1 saturated heterocycles. The van der Waals surface area contributed by atoms with Crippen LogP contribution in [0.5, 0.6) is 11.6 Å². The van der Waals surface area contributed by atoms with Gasteiger partial charge in [0.1, 0.15) is 11.3 Å². The van der Waals surface area contributed by atoms with Gasteiger partial charge in [-0.1, -0.05) is 11.6 Å². The molecule has 3 heterocycles. The molecule has 0 bridgehead atoms. The summed E-state index contributed by atoms with van der Waals surface area (Å²) >= 11 is 6.48. The molecule has 0 spiro atoms. The third-order valence-corrected chi connectivity index (χ3v) is 6.09. The first-order chi connectivity index (χ1) is 16.6. The number of ether oxygens (including phenoxy) is 1. The molecule has 5 rings (SSSR count). The Balaban J connectivity index is 1.30. The van der Waals surface area contributed by atoms with Gasteiger partial charge in [0, 0.05) is 68.8 Å². The summed E-state index contributed by atoms with van der Waals surface area (Å²) in [5.41, 5.74) is 3.28. The zero-order valence-corrected chi connectivity index (χ0v) is 19.8. The monoisotopic (exact) mass is 479 g/mol. The molecule has 1 fully saturated rings. The topological polar surface area (TPSA) is 91.6 Å². The van der Waals surface area contributed by atoms with Gasteiger partial charge < -0.3 is 24.7 Å². The molecule has 9 nitrogen and oxygen atoms in total. The molecule has 2 N–H and O–H groups in total. The van der Waals surface area contributed by atoms with E-state index in [-0.39, 0.29) is 0 Å². The fourth-order valence-electron chi connectivity index (χ4n) is 3.81. The largest absolute Gasteiger partial charge is 0.439 e. The van der Waals surface area contributed by atoms with Crippen molar-refractivity contribution in [2.24, 2.45) is 0 Å². The average molecular weight is 480 g/mol. The molecule has 34 heavy (non-hydrogen) atoms. The molecule has 10 heteroatoms. The highest BCUT2D eigenvalue weighted by Crippen LogP contribution is 2.29. The fourth-order valence-corrected chi connectivity index (χ4v) is 3.99. The van der Waals surface area contributed by atoms with E-state index >= 15 is 0 Å². The molecule has 2 aromatic carbocycles. The Labute approximate surface area is 202 Å². The van der Waals surface area contributed by atoms with E-state index in [0.717, 1.165) is 49.0 Å². The maximum atomic E-state index is 6.48. The summed E-state index contributed by atoms with van der Waals surface area (Å²) in [7, 11) is 3.91. The van der Waals surface area contributed by atoms with Crippen LogP contribution < -0.4 is 15.4 Å². The molecule has 0 saturated carbocycles. The van der Waals surface area contributed by atoms with Crippen LogP contribution in [-0.2, 0) is 6.54 Å². The van der Waals surface area contributed by atoms with Crippen LogP contribution in [0.15, 0.2) is 53.1 Å². The minimum absolute atomic E-state index is 0.402. The Morgan fingerprint density at radius 1 is 1.06 bits per heavy atom. The van der Waals surface area contributed by atoms with Crippen LogP contribution in [0, 0.1) is 0 Å². The number of halogens is 1. The Kier molecular flexibility index (Phi) is 6.48. The number of nitrogens with zero attached hydrogens (tertiary/aromatic N) is 5. The molecule has 0 aliphatic carbocycles. The second-order valence-electron chi connectivity index (χ2n) is 8.23. The van der Waals surface area contributed by atoms with Crippen LogP contribution in [0.1, 0.15) is 5.56 Å². The lowest BCUT2D eigenvalue weighted by Crippen LogP contribution is -2.43. The van der Waals surface area contributed by atoms with Gasteiger partial charge in [-0.2, -0.15) is 9.97 Å². The van der Waals surface area contributed by atoms with Crippen LogP contribution in [0.3, 0.4) is 0 Å². The van der Waals surface area contributed by atoms with Crippen LogP contribution in [0.2, 0.25) is 5.02 Å². The molecular formula is C24H26ClN7O2. The highest BCUT2D eigenvalue weighted by Gasteiger charge is 2.16. The van der Waals surface area contributed by atoms with Crippen molar-refractivity contribution < 1.29 is 9.15 Å². The number of benzene rings is 2. The summed E-state index contributed by atoms with van der Waals surface area (Å²) in [5.74, 6) is 1.53. The smallest absolute Gasteiger partial charge is 0.300 e. The predicted molar refractivity (Wildman–Crippen MR) is 133 cm³/mol. The lowest BCUT2D eigenvalue weighted by Gasteiger charge is -2.32. The molecule has 1 aliphatic rings. The molecule has 176 valence electrons. The van der Waals surface area contributed by atoms with Crippen molar-refractivity contribution in [3.05, 3.63) is 59.2 Å². The standard InChI is InChI=1S/C24H26ClN7O2/c1-26-23-27-8-7-22(30-23)33-18-4-6-21-20(14-18)29-24(34-21)28-17-3-5-19(25)16(13-17)15-32-11-9-31(2)10-12-32/h3-8,13-14H,9-12,15H2,1-2H3,(H,28,29)(H,26,27,30). The second kappa shape index (κ2) is 9.84. The van der Waals surface area contributed by atoms with Gasteiger partial charge in [-0.3, -0.25) is 4.90 Å². The predicted octanol–water partition coefficient (Wildman–Crippen LogP) is 4.60. The van der Waals surface area contributed by atoms with E-state index < -0.39 is 0 Å². The Hall–Kier alpha value is -3.40. The normalized spacial score (nSPS) is 14.9. The van der Waals surface area contributed by atoms with Gasteiger partial charge in [-0.15, -0.1) is 0 Å². The van der Waals surface area contributed by atoms with E-state index in [2.05, 4.69) is 48.5 Å². The van der Waals surface area contributed by atoms with Crippen LogP contribution in [-0.4, -0.2) is 65.0 Å². The third-order valence-electron chi connectivity index (χ3n) is 5.72. The van der Waals surface area contributed by atoms with E-state index in [1.807, 2.05) is 30.3 Å². The van der Waals surface area contributed by atoms with Gasteiger partial charge in [0.05, 0.1) is 0 Å². The van der Waals surface area contributed by atoms with E-state index in [1.54, 1.807) is 19.3 Å². The maximum Gasteiger partial charge on any atom is 0.300 e. The molecule has 0 amide bonds. The number of rotatable bonds is 7. The molecule has 4 aromatic rings. The lowest BCUT2D eigenvalue weighted by atomic mass is 10.1. The summed E-state index contributed by atoms with van der Waals surface area (Å²) in [6.45, 7) is 5.02. The highest BCUT2D eigenvalue weighted by molar-refractivity contribution is 6.31. The van der Waals surface area contributed by atoms with E-state index in [0.29, 0.717) is 34.7 Å². The number of nitrogens with one attached hydrogen (secondary N) is 2. The van der Waals surface area contributed by atoms with E-state index in [4.69, 9.17) is 20.8 Å². The van der Waals surface area contributed by atoms with Gasteiger partial charge in [0.25, 0.3) is 6.01 Å². The average Bonchev–Trinajstić information content (AvgIpc) is 3.24. The van der Waals surface area contributed by atoms with Crippen molar-refractivity contribution >= 4 is 40.4 Å². The van der Waals surface area contributed by atoms with Gasteiger partial charge in [0.2, 0.25) is 11.8 Å². The molecule has 0 atom stereocenters. The number of piperazine rings is 1. The van der Waals surface area contributed by atoms with Crippen molar-refractivity contribution in [1.29, 1.82) is 0 Å². The Bertz CT molecular complexity index is 1290. The van der Waals surface area contributed by atoms with E-state index in [9.17, 15) is 0 Å². The van der Waals surface area contributed by atoms with Crippen LogP contribution >= 0.6 is 11.6 Å². The first-order valence-corrected chi connectivity index (χ1v) is 11.5. The van der Waals surface area contributed by atoms with Crippen molar-refractivity contribution in [3.63, 3.8) is 0 Å². The minimum atomic E-state index is 0.402. The fraction of sp³-hybridized carbons (Fsp3) is 0.292. The Morgan fingerprint density at radius 2 is 1.91 bits per heavy atom. The summed E-state index contributed by atoms with van der Waals surface area (Å²) in [6.07, 6.45) is 1.63. The number of hydrogen-bond acceptors (Lipinski definition) is 9. The second-order valence-corrected chi connectivity index (χ2v) is 8.64. The number of likely N-dealkylation sites (N-methyl/N-ethyl adjacent to an activating group) is 1. The number of fused-ring (bicyclic) bond motifs is 1. The summed E-state index contributed by atoms with van der Waals surface area (Å²) in [6, 6.07) is 13.4. The van der Waals surface area contributed by atoms with Gasteiger partial charge in [-0.05, 0) is 42.9 Å². The van der Waals surface area contributed by atoms with Crippen molar-refractivity contribution in [2.75, 3.05) is 50.9 Å². The number of anilines is 3. The number of aromatic nitrogens is 3. The third kappa shape index (κ3) is 5.22. The first-order valence-electron chi connectivity index (χ1n) is 11.1. The molecule has 0 radical (unpaired) electrons. The first kappa shape index (κ1) is 22.4. The molecule has 0 unspecified atom stereocenters. The van der Waals surface area contributed by atoms with Gasteiger partial charge >= 0.3 is 0 Å². The zero-order chi connectivity index (χ0) is 23.5. The SMILES string of the molecule is CNc1nccc(Oc2ccc3oc(Nc4ccc(Cl)c(CN5CCN(C)CC5)c4)nc3c2)n1. The maximum absolute atomic E-state index is 6.48. The number of hydrogen-bond donors (Lipinski definition) is 2. The van der Waals surface area contributed by atoms with Crippen LogP contribution in [0.4, 0.5) is 17.7 Å². The molecule has 2 aromatic heterocycles. The van der Waals surface area contributed by atoms with Crippen LogP contribution in [0.25, 0.3) is 11.1 Å². The van der Waals surface area contributed by atoms with Gasteiger partial charge in [-0.25, -0.2) is 4.98 Å². The Morgan fingerprint density at radius 3 is 2.74 bits per heavy atom. The number of oxazole rings is 1. The quantitative estimate of drug-likeness (QED) is 0.394. The molecular weight excluding hydrogens is 454 g/mol. The summed E-state index contributed by atoms with van der Waals surface area (Å²) < 4.78 is 11.7.